The molecule has 1 aliphatic rings. The molecule has 22 heavy (non-hydrogen) atoms. The van der Waals surface area contributed by atoms with E-state index in [0.29, 0.717) is 19.6 Å². The first-order valence-corrected chi connectivity index (χ1v) is 8.02. The fourth-order valence-corrected chi connectivity index (χ4v) is 3.26. The zero-order valence-electron chi connectivity index (χ0n) is 13.7. The molecule has 4 nitrogen and oxygen atoms in total. The van der Waals surface area contributed by atoms with Crippen LogP contribution in [0.1, 0.15) is 30.4 Å². The molecule has 122 valence electrons. The van der Waals surface area contributed by atoms with Crippen LogP contribution in [0, 0.1) is 12.3 Å². The number of amides is 1. The highest BCUT2D eigenvalue weighted by atomic mass is 16.5. The average Bonchev–Trinajstić information content (AvgIpc) is 2.53. The van der Waals surface area contributed by atoms with Gasteiger partial charge in [-0.05, 0) is 31.7 Å². The molecule has 4 heteroatoms. The molecule has 1 aliphatic heterocycles. The van der Waals surface area contributed by atoms with Gasteiger partial charge < -0.3 is 14.7 Å². The lowest BCUT2D eigenvalue weighted by Gasteiger charge is -2.42. The van der Waals surface area contributed by atoms with Gasteiger partial charge in [0.1, 0.15) is 0 Å². The third-order valence-electron chi connectivity index (χ3n) is 4.62. The van der Waals surface area contributed by atoms with Gasteiger partial charge >= 0.3 is 0 Å². The summed E-state index contributed by atoms with van der Waals surface area (Å²) in [5.74, 6) is 0.153. The lowest BCUT2D eigenvalue weighted by molar-refractivity contribution is -0.135. The largest absolute Gasteiger partial charge is 0.396 e. The Labute approximate surface area is 133 Å². The van der Waals surface area contributed by atoms with Crippen LogP contribution >= 0.6 is 0 Å². The van der Waals surface area contributed by atoms with E-state index in [0.717, 1.165) is 31.4 Å². The summed E-state index contributed by atoms with van der Waals surface area (Å²) < 4.78 is 5.16. The van der Waals surface area contributed by atoms with Crippen molar-refractivity contribution in [2.24, 2.45) is 5.41 Å². The molecule has 2 rings (SSSR count). The molecule has 1 aromatic carbocycles. The second-order valence-electron chi connectivity index (χ2n) is 6.49. The Bertz CT molecular complexity index is 503. The van der Waals surface area contributed by atoms with Crippen LogP contribution in [-0.2, 0) is 16.0 Å². The molecule has 1 N–H and O–H groups in total. The summed E-state index contributed by atoms with van der Waals surface area (Å²) in [6.45, 7) is 4.21. The highest BCUT2D eigenvalue weighted by Gasteiger charge is 2.36. The number of nitrogens with zero attached hydrogens (tertiary/aromatic N) is 1. The minimum absolute atomic E-state index is 0.116. The van der Waals surface area contributed by atoms with E-state index in [-0.39, 0.29) is 17.9 Å². The molecule has 1 heterocycles. The van der Waals surface area contributed by atoms with Gasteiger partial charge in [-0.1, -0.05) is 29.8 Å². The number of likely N-dealkylation sites (tertiary alicyclic amines) is 1. The lowest BCUT2D eigenvalue weighted by Crippen LogP contribution is -2.48. The standard InChI is InChI=1S/C18H27NO3/c1-15-5-3-6-16(11-15)12-17(21)19-9-4-7-18(13-19,14-20)8-10-22-2/h3,5-6,11,20H,4,7-10,12-14H2,1-2H3. The van der Waals surface area contributed by atoms with Gasteiger partial charge in [0, 0.05) is 32.2 Å². The van der Waals surface area contributed by atoms with Gasteiger partial charge in [-0.3, -0.25) is 4.79 Å². The average molecular weight is 305 g/mol. The summed E-state index contributed by atoms with van der Waals surface area (Å²) in [5.41, 5.74) is 2.03. The van der Waals surface area contributed by atoms with Crippen molar-refractivity contribution < 1.29 is 14.6 Å². The predicted molar refractivity (Wildman–Crippen MR) is 86.7 cm³/mol. The van der Waals surface area contributed by atoms with E-state index in [9.17, 15) is 9.90 Å². The van der Waals surface area contributed by atoms with E-state index in [4.69, 9.17) is 4.74 Å². The monoisotopic (exact) mass is 305 g/mol. The zero-order chi connectivity index (χ0) is 16.0. The molecule has 0 spiro atoms. The normalized spacial score (nSPS) is 21.9. The van der Waals surface area contributed by atoms with E-state index in [1.54, 1.807) is 7.11 Å². The van der Waals surface area contributed by atoms with Crippen LogP contribution in [-0.4, -0.2) is 49.3 Å². The zero-order valence-corrected chi connectivity index (χ0v) is 13.7. The van der Waals surface area contributed by atoms with Gasteiger partial charge in [0.2, 0.25) is 5.91 Å². The quantitative estimate of drug-likeness (QED) is 0.876. The Morgan fingerprint density at radius 1 is 1.45 bits per heavy atom. The number of aliphatic hydroxyl groups excluding tert-OH is 1. The fraction of sp³-hybridized carbons (Fsp3) is 0.611. The molecule has 1 amide bonds. The van der Waals surface area contributed by atoms with Crippen molar-refractivity contribution in [2.75, 3.05) is 33.4 Å². The Kier molecular flexibility index (Phi) is 5.98. The second-order valence-corrected chi connectivity index (χ2v) is 6.49. The number of benzene rings is 1. The van der Waals surface area contributed by atoms with Crippen LogP contribution < -0.4 is 0 Å². The number of hydrogen-bond donors (Lipinski definition) is 1. The maximum absolute atomic E-state index is 12.6. The Hall–Kier alpha value is -1.39. The van der Waals surface area contributed by atoms with Crippen molar-refractivity contribution >= 4 is 5.91 Å². The molecular formula is C18H27NO3. The second kappa shape index (κ2) is 7.75. The molecule has 0 radical (unpaired) electrons. The summed E-state index contributed by atoms with van der Waals surface area (Å²) >= 11 is 0. The van der Waals surface area contributed by atoms with E-state index in [2.05, 4.69) is 6.07 Å². The molecular weight excluding hydrogens is 278 g/mol. The van der Waals surface area contributed by atoms with Crippen LogP contribution in [0.3, 0.4) is 0 Å². The molecule has 0 aromatic heterocycles. The molecule has 1 aromatic rings. The highest BCUT2D eigenvalue weighted by molar-refractivity contribution is 5.79. The van der Waals surface area contributed by atoms with Crippen molar-refractivity contribution in [3.63, 3.8) is 0 Å². The number of hydrogen-bond acceptors (Lipinski definition) is 3. The minimum atomic E-state index is -0.198. The number of carbonyl (C=O) groups is 1. The number of ether oxygens (including phenoxy) is 1. The topological polar surface area (TPSA) is 49.8 Å². The summed E-state index contributed by atoms with van der Waals surface area (Å²) in [4.78, 5) is 14.5. The van der Waals surface area contributed by atoms with E-state index >= 15 is 0 Å². The van der Waals surface area contributed by atoms with Crippen molar-refractivity contribution in [2.45, 2.75) is 32.6 Å². The smallest absolute Gasteiger partial charge is 0.227 e. The summed E-state index contributed by atoms with van der Waals surface area (Å²) in [6.07, 6.45) is 3.15. The Balaban J connectivity index is 2.00. The van der Waals surface area contributed by atoms with Crippen LogP contribution in [0.5, 0.6) is 0 Å². The van der Waals surface area contributed by atoms with Gasteiger partial charge in [-0.15, -0.1) is 0 Å². The van der Waals surface area contributed by atoms with Gasteiger partial charge in [-0.2, -0.15) is 0 Å². The number of carbonyl (C=O) groups excluding carboxylic acids is 1. The summed E-state index contributed by atoms with van der Waals surface area (Å²) in [5, 5.41) is 9.80. The lowest BCUT2D eigenvalue weighted by atomic mass is 9.78. The Morgan fingerprint density at radius 2 is 2.27 bits per heavy atom. The minimum Gasteiger partial charge on any atom is -0.396 e. The van der Waals surface area contributed by atoms with Crippen molar-refractivity contribution in [1.82, 2.24) is 4.90 Å². The SMILES string of the molecule is COCCC1(CO)CCCN(C(=O)Cc2cccc(C)c2)C1. The number of methoxy groups -OCH3 is 1. The Morgan fingerprint density at radius 3 is 2.95 bits per heavy atom. The molecule has 0 aliphatic carbocycles. The fourth-order valence-electron chi connectivity index (χ4n) is 3.26. The molecule has 0 bridgehead atoms. The van der Waals surface area contributed by atoms with Crippen LogP contribution in [0.2, 0.25) is 0 Å². The van der Waals surface area contributed by atoms with Crippen LogP contribution in [0.25, 0.3) is 0 Å². The number of aryl methyl sites for hydroxylation is 1. The van der Waals surface area contributed by atoms with Crippen molar-refractivity contribution in [1.29, 1.82) is 0 Å². The van der Waals surface area contributed by atoms with Crippen molar-refractivity contribution in [3.8, 4) is 0 Å². The molecule has 1 unspecified atom stereocenters. The highest BCUT2D eigenvalue weighted by Crippen LogP contribution is 2.33. The van der Waals surface area contributed by atoms with Crippen molar-refractivity contribution in [3.05, 3.63) is 35.4 Å². The van der Waals surface area contributed by atoms with Crippen LogP contribution in [0.15, 0.2) is 24.3 Å². The van der Waals surface area contributed by atoms with E-state index < -0.39 is 0 Å². The first-order chi connectivity index (χ1) is 10.6. The van der Waals surface area contributed by atoms with Gasteiger partial charge in [0.05, 0.1) is 13.0 Å². The maximum atomic E-state index is 12.6. The van der Waals surface area contributed by atoms with E-state index in [1.807, 2.05) is 30.0 Å². The number of aliphatic hydroxyl groups is 1. The predicted octanol–water partition coefficient (Wildman–Crippen LogP) is 2.18. The third kappa shape index (κ3) is 4.31. The van der Waals surface area contributed by atoms with Crippen LogP contribution in [0.4, 0.5) is 0 Å². The van der Waals surface area contributed by atoms with Gasteiger partial charge in [0.15, 0.2) is 0 Å². The number of rotatable bonds is 6. The summed E-state index contributed by atoms with van der Waals surface area (Å²) in [6, 6.07) is 8.09. The van der Waals surface area contributed by atoms with E-state index in [1.165, 1.54) is 5.56 Å². The van der Waals surface area contributed by atoms with Gasteiger partial charge in [0.25, 0.3) is 0 Å². The van der Waals surface area contributed by atoms with Gasteiger partial charge in [-0.25, -0.2) is 0 Å². The molecule has 0 saturated carbocycles. The number of piperidine rings is 1. The molecule has 1 saturated heterocycles. The third-order valence-corrected chi connectivity index (χ3v) is 4.62. The maximum Gasteiger partial charge on any atom is 0.227 e. The first kappa shape index (κ1) is 17.0. The summed E-state index contributed by atoms with van der Waals surface area (Å²) in [7, 11) is 1.68. The first-order valence-electron chi connectivity index (χ1n) is 8.02. The molecule has 1 fully saturated rings. The molecule has 1 atom stereocenters.